The minimum atomic E-state index is -3.95. The largest absolute Gasteiger partial charge is 0.483 e. The number of likely N-dealkylation sites (N-methyl/N-ethyl adjacent to an activating group) is 1. The van der Waals surface area contributed by atoms with Crippen LogP contribution in [0, 0.1) is 5.41 Å². The second kappa shape index (κ2) is 13.1. The monoisotopic (exact) mass is 566 g/mol. The van der Waals surface area contributed by atoms with E-state index in [0.717, 1.165) is 4.31 Å². The highest BCUT2D eigenvalue weighted by molar-refractivity contribution is 7.92. The Labute approximate surface area is 226 Å². The van der Waals surface area contributed by atoms with E-state index >= 15 is 0 Å². The number of nitrogens with two attached hydrogens (primary N) is 2. The smallest absolute Gasteiger partial charge is 0.257 e. The lowest BCUT2D eigenvalue weighted by Gasteiger charge is -2.29. The predicted molar refractivity (Wildman–Crippen MR) is 145 cm³/mol. The molecule has 38 heavy (non-hydrogen) atoms. The lowest BCUT2D eigenvalue weighted by atomic mass is 10.1. The van der Waals surface area contributed by atoms with Gasteiger partial charge in [0.2, 0.25) is 15.9 Å². The van der Waals surface area contributed by atoms with Gasteiger partial charge in [-0.3, -0.25) is 24.1 Å². The summed E-state index contributed by atoms with van der Waals surface area (Å²) in [5.41, 5.74) is 11.8. The lowest BCUT2D eigenvalue weighted by Crippen LogP contribution is -2.47. The minimum Gasteiger partial charge on any atom is -0.483 e. The number of carbonyl (C=O) groups is 3. The van der Waals surface area contributed by atoms with Crippen molar-refractivity contribution in [3.8, 4) is 5.75 Å². The van der Waals surface area contributed by atoms with Crippen LogP contribution in [0.15, 0.2) is 36.4 Å². The number of sulfonamides is 1. The number of rotatable bonds is 13. The third kappa shape index (κ3) is 7.83. The summed E-state index contributed by atoms with van der Waals surface area (Å²) in [4.78, 5) is 36.5. The van der Waals surface area contributed by atoms with Gasteiger partial charge < -0.3 is 26.8 Å². The molecule has 0 spiro atoms. The van der Waals surface area contributed by atoms with Crippen LogP contribution >= 0.6 is 11.6 Å². The summed E-state index contributed by atoms with van der Waals surface area (Å²) < 4.78 is 32.3. The van der Waals surface area contributed by atoms with Gasteiger partial charge in [0.05, 0.1) is 11.4 Å². The van der Waals surface area contributed by atoms with Gasteiger partial charge in [0, 0.05) is 35.3 Å². The van der Waals surface area contributed by atoms with Gasteiger partial charge >= 0.3 is 0 Å². The van der Waals surface area contributed by atoms with Crippen LogP contribution in [0.3, 0.4) is 0 Å². The molecule has 0 aliphatic carbocycles. The Kier molecular flexibility index (Phi) is 10.5. The van der Waals surface area contributed by atoms with Crippen molar-refractivity contribution in [1.82, 2.24) is 10.6 Å². The van der Waals surface area contributed by atoms with Gasteiger partial charge in [-0.15, -0.1) is 0 Å². The Morgan fingerprint density at radius 1 is 1.13 bits per heavy atom. The van der Waals surface area contributed by atoms with E-state index < -0.39 is 27.9 Å². The van der Waals surface area contributed by atoms with Gasteiger partial charge in [-0.25, -0.2) is 8.42 Å². The third-order valence-electron chi connectivity index (χ3n) is 5.38. The van der Waals surface area contributed by atoms with Gasteiger partial charge in [-0.1, -0.05) is 30.7 Å². The number of nitrogens with one attached hydrogen (secondary N) is 3. The number of halogens is 1. The molecular formula is C24H31ClN6O6S. The van der Waals surface area contributed by atoms with Crippen LogP contribution in [0.2, 0.25) is 5.02 Å². The highest BCUT2D eigenvalue weighted by Gasteiger charge is 2.31. The molecule has 14 heteroatoms. The number of primary amides is 1. The maximum absolute atomic E-state index is 13.0. The van der Waals surface area contributed by atoms with Gasteiger partial charge in [-0.05, 0) is 37.6 Å². The quantitative estimate of drug-likeness (QED) is 0.176. The average molecular weight is 567 g/mol. The van der Waals surface area contributed by atoms with Crippen LogP contribution in [0.25, 0.3) is 0 Å². The Morgan fingerprint density at radius 3 is 2.39 bits per heavy atom. The van der Waals surface area contributed by atoms with E-state index in [4.69, 9.17) is 33.2 Å². The zero-order chi connectivity index (χ0) is 28.6. The van der Waals surface area contributed by atoms with Crippen LogP contribution in [0.4, 0.5) is 5.69 Å². The van der Waals surface area contributed by atoms with Crippen LogP contribution < -0.4 is 31.1 Å². The van der Waals surface area contributed by atoms with E-state index in [1.807, 2.05) is 0 Å². The molecule has 0 saturated carbocycles. The molecule has 12 nitrogen and oxygen atoms in total. The number of amidine groups is 1. The fraction of sp³-hybridized carbons (Fsp3) is 0.333. The van der Waals surface area contributed by atoms with Crippen molar-refractivity contribution in [3.63, 3.8) is 0 Å². The van der Waals surface area contributed by atoms with Crippen molar-refractivity contribution in [1.29, 1.82) is 5.41 Å². The van der Waals surface area contributed by atoms with E-state index in [2.05, 4.69) is 10.6 Å². The molecular weight excluding hydrogens is 536 g/mol. The SMILES string of the molecule is CCCS(=O)(=O)N(c1cc(Cl)cc(C(=O)NCc2ccc(C(=N)N)cc2OCC(=O)NC)c1)C(C)C(N)=O. The number of hydrogen-bond acceptors (Lipinski definition) is 7. The Morgan fingerprint density at radius 2 is 1.82 bits per heavy atom. The van der Waals surface area contributed by atoms with E-state index in [9.17, 15) is 22.8 Å². The third-order valence-corrected chi connectivity index (χ3v) is 7.65. The second-order valence-corrected chi connectivity index (χ2v) is 10.7. The number of hydrogen-bond donors (Lipinski definition) is 5. The van der Waals surface area contributed by atoms with Crippen LogP contribution in [-0.2, 0) is 26.2 Å². The first-order valence-corrected chi connectivity index (χ1v) is 13.5. The molecule has 0 heterocycles. The molecule has 0 radical (unpaired) electrons. The fourth-order valence-electron chi connectivity index (χ4n) is 3.42. The lowest BCUT2D eigenvalue weighted by molar-refractivity contribution is -0.122. The van der Waals surface area contributed by atoms with Crippen molar-refractivity contribution >= 4 is 50.9 Å². The first kappa shape index (κ1) is 30.4. The summed E-state index contributed by atoms with van der Waals surface area (Å²) in [5.74, 6) is -2.05. The number of carbonyl (C=O) groups excluding carboxylic acids is 3. The molecule has 2 aromatic rings. The van der Waals surface area contributed by atoms with E-state index in [-0.39, 0.29) is 52.7 Å². The first-order valence-electron chi connectivity index (χ1n) is 11.5. The zero-order valence-electron chi connectivity index (χ0n) is 21.2. The molecule has 0 aromatic heterocycles. The molecule has 7 N–H and O–H groups in total. The first-order chi connectivity index (χ1) is 17.8. The normalized spacial score (nSPS) is 11.8. The van der Waals surface area contributed by atoms with Crippen LogP contribution in [0.1, 0.15) is 41.8 Å². The minimum absolute atomic E-state index is 0.0165. The summed E-state index contributed by atoms with van der Waals surface area (Å²) in [6, 6.07) is 7.39. The molecule has 2 rings (SSSR count). The van der Waals surface area contributed by atoms with Crippen molar-refractivity contribution in [2.45, 2.75) is 32.9 Å². The summed E-state index contributed by atoms with van der Waals surface area (Å²) in [6.07, 6.45) is 0.297. The Bertz CT molecular complexity index is 1330. The number of nitrogens with zero attached hydrogens (tertiary/aromatic N) is 1. The van der Waals surface area contributed by atoms with Crippen molar-refractivity contribution < 1.29 is 27.5 Å². The Balaban J connectivity index is 2.37. The summed E-state index contributed by atoms with van der Waals surface area (Å²) >= 11 is 6.22. The predicted octanol–water partition coefficient (Wildman–Crippen LogP) is 1.10. The maximum Gasteiger partial charge on any atom is 0.257 e. The molecule has 0 aliphatic heterocycles. The number of ether oxygens (including phenoxy) is 1. The van der Waals surface area contributed by atoms with Crippen LogP contribution in [-0.4, -0.2) is 57.4 Å². The second-order valence-electron chi connectivity index (χ2n) is 8.27. The molecule has 2 aromatic carbocycles. The molecule has 0 aliphatic rings. The summed E-state index contributed by atoms with van der Waals surface area (Å²) in [6.45, 7) is 2.69. The van der Waals surface area contributed by atoms with Crippen molar-refractivity contribution in [3.05, 3.63) is 58.1 Å². The molecule has 0 bridgehead atoms. The van der Waals surface area contributed by atoms with Crippen molar-refractivity contribution in [2.24, 2.45) is 11.5 Å². The molecule has 1 atom stereocenters. The number of benzene rings is 2. The number of anilines is 1. The summed E-state index contributed by atoms with van der Waals surface area (Å²) in [5, 5.41) is 12.8. The summed E-state index contributed by atoms with van der Waals surface area (Å²) in [7, 11) is -2.50. The molecule has 1 unspecified atom stereocenters. The molecule has 0 saturated heterocycles. The van der Waals surface area contributed by atoms with E-state index in [1.165, 1.54) is 38.2 Å². The molecule has 206 valence electrons. The van der Waals surface area contributed by atoms with Gasteiger partial charge in [0.15, 0.2) is 6.61 Å². The van der Waals surface area contributed by atoms with Gasteiger partial charge in [-0.2, -0.15) is 0 Å². The highest BCUT2D eigenvalue weighted by Crippen LogP contribution is 2.28. The fourth-order valence-corrected chi connectivity index (χ4v) is 5.38. The topological polar surface area (TPSA) is 198 Å². The standard InChI is InChI=1S/C24H31ClN6O6S/c1-4-7-38(35,36)31(14(2)23(28)33)19-9-17(8-18(25)11-19)24(34)30-12-16-6-5-15(22(26)27)10-20(16)37-13-21(32)29-3/h5-6,8-11,14H,4,7,12-13H2,1-3H3,(H3,26,27)(H2,28,33)(H,29,32)(H,30,34). The highest BCUT2D eigenvalue weighted by atomic mass is 35.5. The van der Waals surface area contributed by atoms with E-state index in [1.54, 1.807) is 19.1 Å². The maximum atomic E-state index is 13.0. The number of nitrogen functional groups attached to an aromatic ring is 1. The van der Waals surface area contributed by atoms with Gasteiger partial charge in [0.1, 0.15) is 17.6 Å². The Hall–Kier alpha value is -3.84. The zero-order valence-corrected chi connectivity index (χ0v) is 22.8. The van der Waals surface area contributed by atoms with Crippen LogP contribution in [0.5, 0.6) is 5.75 Å². The average Bonchev–Trinajstić information content (AvgIpc) is 2.85. The van der Waals surface area contributed by atoms with Crippen molar-refractivity contribution in [2.75, 3.05) is 23.7 Å². The van der Waals surface area contributed by atoms with Gasteiger partial charge in [0.25, 0.3) is 11.8 Å². The van der Waals surface area contributed by atoms with E-state index in [0.29, 0.717) is 17.5 Å². The number of amides is 3. The molecule has 0 fully saturated rings. The molecule has 3 amide bonds.